The summed E-state index contributed by atoms with van der Waals surface area (Å²) < 4.78 is 0. The molecular formula is C14H18N2O3. The van der Waals surface area contributed by atoms with E-state index >= 15 is 0 Å². The van der Waals surface area contributed by atoms with Crippen LogP contribution < -0.4 is 5.32 Å². The van der Waals surface area contributed by atoms with E-state index in [2.05, 4.69) is 17.4 Å². The number of urea groups is 1. The van der Waals surface area contributed by atoms with E-state index in [-0.39, 0.29) is 25.0 Å². The highest BCUT2D eigenvalue weighted by Crippen LogP contribution is 2.40. The largest absolute Gasteiger partial charge is 0.481 e. The van der Waals surface area contributed by atoms with Gasteiger partial charge in [0.15, 0.2) is 0 Å². The molecule has 0 spiro atoms. The zero-order valence-electron chi connectivity index (χ0n) is 10.9. The maximum atomic E-state index is 11.8. The Balaban J connectivity index is 1.77. The molecule has 0 bridgehead atoms. The van der Waals surface area contributed by atoms with Gasteiger partial charge in [-0.1, -0.05) is 30.3 Å². The average Bonchev–Trinajstić information content (AvgIpc) is 3.16. The second kappa shape index (κ2) is 5.73. The first kappa shape index (κ1) is 13.4. The molecule has 1 aromatic carbocycles. The average molecular weight is 262 g/mol. The first-order valence-corrected chi connectivity index (χ1v) is 6.36. The molecule has 5 nitrogen and oxygen atoms in total. The zero-order chi connectivity index (χ0) is 13.8. The van der Waals surface area contributed by atoms with Gasteiger partial charge >= 0.3 is 12.0 Å². The van der Waals surface area contributed by atoms with Gasteiger partial charge in [-0.2, -0.15) is 0 Å². The Labute approximate surface area is 112 Å². The summed E-state index contributed by atoms with van der Waals surface area (Å²) in [5, 5.41) is 11.5. The van der Waals surface area contributed by atoms with Gasteiger partial charge in [-0.25, -0.2) is 4.79 Å². The van der Waals surface area contributed by atoms with Crippen molar-refractivity contribution < 1.29 is 14.7 Å². The highest BCUT2D eigenvalue weighted by molar-refractivity contribution is 5.75. The molecule has 102 valence electrons. The summed E-state index contributed by atoms with van der Waals surface area (Å²) in [6.07, 6.45) is 0.916. The fourth-order valence-corrected chi connectivity index (χ4v) is 2.06. The van der Waals surface area contributed by atoms with E-state index < -0.39 is 5.97 Å². The number of rotatable bonds is 5. The molecule has 1 fully saturated rings. The standard InChI is InChI=1S/C14H18N2O3/c1-16(8-7-13(17)18)14(19)15-12-9-11(12)10-5-3-2-4-6-10/h2-6,11-12H,7-9H2,1H3,(H,15,19)(H,17,18). The number of amides is 2. The molecule has 1 saturated carbocycles. The molecule has 2 amide bonds. The molecule has 19 heavy (non-hydrogen) atoms. The summed E-state index contributed by atoms with van der Waals surface area (Å²) in [7, 11) is 1.61. The summed E-state index contributed by atoms with van der Waals surface area (Å²) >= 11 is 0. The lowest BCUT2D eigenvalue weighted by Crippen LogP contribution is -2.39. The van der Waals surface area contributed by atoms with Crippen LogP contribution in [0.15, 0.2) is 30.3 Å². The minimum Gasteiger partial charge on any atom is -0.481 e. The first-order valence-electron chi connectivity index (χ1n) is 6.36. The van der Waals surface area contributed by atoms with Crippen molar-refractivity contribution in [1.29, 1.82) is 0 Å². The minimum absolute atomic E-state index is 0.0311. The molecule has 2 unspecified atom stereocenters. The van der Waals surface area contributed by atoms with Gasteiger partial charge in [0.1, 0.15) is 0 Å². The predicted molar refractivity (Wildman–Crippen MR) is 71.0 cm³/mol. The van der Waals surface area contributed by atoms with Crippen LogP contribution in [0.25, 0.3) is 0 Å². The third kappa shape index (κ3) is 3.71. The lowest BCUT2D eigenvalue weighted by atomic mass is 10.1. The van der Waals surface area contributed by atoms with Crippen LogP contribution in [0.3, 0.4) is 0 Å². The summed E-state index contributed by atoms with van der Waals surface area (Å²) in [5.74, 6) is -0.508. The monoisotopic (exact) mass is 262 g/mol. The third-order valence-corrected chi connectivity index (χ3v) is 3.33. The van der Waals surface area contributed by atoms with Crippen LogP contribution >= 0.6 is 0 Å². The van der Waals surface area contributed by atoms with Gasteiger partial charge in [0.2, 0.25) is 0 Å². The van der Waals surface area contributed by atoms with Gasteiger partial charge in [-0.3, -0.25) is 4.79 Å². The number of carbonyl (C=O) groups excluding carboxylic acids is 1. The number of carboxylic acids is 1. The predicted octanol–water partition coefficient (Wildman–Crippen LogP) is 1.66. The van der Waals surface area contributed by atoms with E-state index in [1.165, 1.54) is 10.5 Å². The summed E-state index contributed by atoms with van der Waals surface area (Å²) in [5.41, 5.74) is 1.24. The van der Waals surface area contributed by atoms with Crippen LogP contribution in [0.2, 0.25) is 0 Å². The number of carbonyl (C=O) groups is 2. The number of hydrogen-bond acceptors (Lipinski definition) is 2. The number of carboxylic acid groups (broad SMARTS) is 1. The number of hydrogen-bond donors (Lipinski definition) is 2. The number of benzene rings is 1. The second-order valence-electron chi connectivity index (χ2n) is 4.87. The van der Waals surface area contributed by atoms with Crippen LogP contribution in [0.1, 0.15) is 24.3 Å². The summed E-state index contributed by atoms with van der Waals surface area (Å²) in [6.45, 7) is 0.226. The maximum absolute atomic E-state index is 11.8. The van der Waals surface area contributed by atoms with Crippen LogP contribution in [-0.4, -0.2) is 41.6 Å². The Morgan fingerprint density at radius 2 is 2.05 bits per heavy atom. The SMILES string of the molecule is CN(CCC(=O)O)C(=O)NC1CC1c1ccccc1. The van der Waals surface area contributed by atoms with Crippen molar-refractivity contribution in [2.75, 3.05) is 13.6 Å². The zero-order valence-corrected chi connectivity index (χ0v) is 10.9. The smallest absolute Gasteiger partial charge is 0.317 e. The molecule has 0 heterocycles. The van der Waals surface area contributed by atoms with Gasteiger partial charge in [0, 0.05) is 25.6 Å². The molecule has 1 aliphatic carbocycles. The summed E-state index contributed by atoms with van der Waals surface area (Å²) in [4.78, 5) is 23.7. The van der Waals surface area contributed by atoms with Gasteiger partial charge in [0.05, 0.1) is 6.42 Å². The topological polar surface area (TPSA) is 69.6 Å². The molecule has 2 N–H and O–H groups in total. The van der Waals surface area contributed by atoms with Crippen molar-refractivity contribution >= 4 is 12.0 Å². The quantitative estimate of drug-likeness (QED) is 0.847. The molecule has 0 aliphatic heterocycles. The Bertz CT molecular complexity index is 461. The Morgan fingerprint density at radius 3 is 2.68 bits per heavy atom. The minimum atomic E-state index is -0.895. The number of nitrogens with one attached hydrogen (secondary N) is 1. The van der Waals surface area contributed by atoms with Crippen molar-refractivity contribution in [3.63, 3.8) is 0 Å². The van der Waals surface area contributed by atoms with Crippen molar-refractivity contribution in [2.45, 2.75) is 24.8 Å². The molecule has 2 atom stereocenters. The molecule has 5 heteroatoms. The highest BCUT2D eigenvalue weighted by atomic mass is 16.4. The maximum Gasteiger partial charge on any atom is 0.317 e. The molecule has 2 rings (SSSR count). The van der Waals surface area contributed by atoms with Crippen LogP contribution in [0.4, 0.5) is 4.79 Å². The van der Waals surface area contributed by atoms with Gasteiger partial charge in [-0.15, -0.1) is 0 Å². The van der Waals surface area contributed by atoms with E-state index in [4.69, 9.17) is 5.11 Å². The van der Waals surface area contributed by atoms with Crippen molar-refractivity contribution in [2.24, 2.45) is 0 Å². The third-order valence-electron chi connectivity index (χ3n) is 3.33. The molecular weight excluding hydrogens is 244 g/mol. The lowest BCUT2D eigenvalue weighted by molar-refractivity contribution is -0.137. The highest BCUT2D eigenvalue weighted by Gasteiger charge is 2.39. The van der Waals surface area contributed by atoms with E-state index in [1.807, 2.05) is 18.2 Å². The summed E-state index contributed by atoms with van der Waals surface area (Å²) in [6, 6.07) is 10.0. The Morgan fingerprint density at radius 1 is 1.37 bits per heavy atom. The number of nitrogens with zero attached hydrogens (tertiary/aromatic N) is 1. The van der Waals surface area contributed by atoms with Crippen LogP contribution in [0, 0.1) is 0 Å². The second-order valence-corrected chi connectivity index (χ2v) is 4.87. The van der Waals surface area contributed by atoms with Crippen molar-refractivity contribution in [3.8, 4) is 0 Å². The van der Waals surface area contributed by atoms with Crippen LogP contribution in [0.5, 0.6) is 0 Å². The van der Waals surface area contributed by atoms with E-state index in [9.17, 15) is 9.59 Å². The number of aliphatic carboxylic acids is 1. The molecule has 1 aromatic rings. The van der Waals surface area contributed by atoms with Gasteiger partial charge in [0.25, 0.3) is 0 Å². The Hall–Kier alpha value is -2.04. The van der Waals surface area contributed by atoms with Crippen molar-refractivity contribution in [3.05, 3.63) is 35.9 Å². The van der Waals surface area contributed by atoms with E-state index in [0.29, 0.717) is 5.92 Å². The van der Waals surface area contributed by atoms with E-state index in [0.717, 1.165) is 6.42 Å². The van der Waals surface area contributed by atoms with Crippen molar-refractivity contribution in [1.82, 2.24) is 10.2 Å². The van der Waals surface area contributed by atoms with Gasteiger partial charge < -0.3 is 15.3 Å². The molecule has 1 aliphatic rings. The van der Waals surface area contributed by atoms with Crippen LogP contribution in [-0.2, 0) is 4.79 Å². The molecule has 0 saturated heterocycles. The first-order chi connectivity index (χ1) is 9.08. The normalized spacial score (nSPS) is 20.7. The molecule has 0 aromatic heterocycles. The Kier molecular flexibility index (Phi) is 4.04. The lowest BCUT2D eigenvalue weighted by Gasteiger charge is -2.16. The fraction of sp³-hybridized carbons (Fsp3) is 0.429. The van der Waals surface area contributed by atoms with Gasteiger partial charge in [-0.05, 0) is 12.0 Å². The fourth-order valence-electron chi connectivity index (χ4n) is 2.06. The van der Waals surface area contributed by atoms with E-state index in [1.54, 1.807) is 7.05 Å². The molecule has 0 radical (unpaired) electrons.